The van der Waals surface area contributed by atoms with Gasteiger partial charge in [0.25, 0.3) is 0 Å². The number of phenolic OH excluding ortho intramolecular Hbond substituents is 1. The molecular weight excluding hydrogens is 340 g/mol. The number of nitrogens with zero attached hydrogens (tertiary/aromatic N) is 2. The molecule has 0 saturated carbocycles. The first-order chi connectivity index (χ1) is 13.1. The Bertz CT molecular complexity index is 1120. The number of aryl methyl sites for hydroxylation is 2. The van der Waals surface area contributed by atoms with Gasteiger partial charge in [-0.15, -0.1) is 0 Å². The summed E-state index contributed by atoms with van der Waals surface area (Å²) in [5.41, 5.74) is 4.16. The smallest absolute Gasteiger partial charge is 0.231 e. The number of aromatic nitrogens is 2. The molecule has 0 fully saturated rings. The number of hydrogen-bond acceptors (Lipinski definition) is 5. The van der Waals surface area contributed by atoms with Crippen LogP contribution in [0.4, 0.5) is 0 Å². The van der Waals surface area contributed by atoms with Gasteiger partial charge in [0.2, 0.25) is 11.8 Å². The van der Waals surface area contributed by atoms with Crippen molar-refractivity contribution in [3.05, 3.63) is 59.5 Å². The molecule has 4 aromatic rings. The van der Waals surface area contributed by atoms with Crippen LogP contribution in [-0.2, 0) is 0 Å². The van der Waals surface area contributed by atoms with Crippen molar-refractivity contribution >= 4 is 17.2 Å². The van der Waals surface area contributed by atoms with Gasteiger partial charge in [0, 0.05) is 0 Å². The Kier molecular flexibility index (Phi) is 4.28. The number of para-hydroxylation sites is 2. The van der Waals surface area contributed by atoms with E-state index in [1.807, 2.05) is 62.4 Å². The van der Waals surface area contributed by atoms with E-state index in [1.165, 1.54) is 0 Å². The number of rotatable bonds is 4. The molecule has 2 aromatic carbocycles. The van der Waals surface area contributed by atoms with Crippen molar-refractivity contribution in [2.75, 3.05) is 0 Å². The fraction of sp³-hybridized carbons (Fsp3) is 0.182. The van der Waals surface area contributed by atoms with Crippen LogP contribution in [0.15, 0.2) is 51.3 Å². The van der Waals surface area contributed by atoms with Gasteiger partial charge in [-0.2, -0.15) is 0 Å². The third-order valence-electron chi connectivity index (χ3n) is 4.35. The molecule has 136 valence electrons. The molecule has 0 unspecified atom stereocenters. The summed E-state index contributed by atoms with van der Waals surface area (Å²) in [6, 6.07) is 11.2. The largest absolute Gasteiger partial charge is 0.506 e. The number of fused-ring (bicyclic) bond motifs is 1. The highest BCUT2D eigenvalue weighted by atomic mass is 16.4. The quantitative estimate of drug-likeness (QED) is 0.491. The summed E-state index contributed by atoms with van der Waals surface area (Å²) in [7, 11) is 0. The lowest BCUT2D eigenvalue weighted by Gasteiger charge is -2.07. The summed E-state index contributed by atoms with van der Waals surface area (Å²) in [5.74, 6) is 1.49. The summed E-state index contributed by atoms with van der Waals surface area (Å²) >= 11 is 0. The van der Waals surface area contributed by atoms with E-state index in [0.717, 1.165) is 23.2 Å². The van der Waals surface area contributed by atoms with Crippen LogP contribution in [-0.4, -0.2) is 15.1 Å². The minimum atomic E-state index is 0.0411. The highest BCUT2D eigenvalue weighted by Gasteiger charge is 2.20. The molecule has 0 aliphatic heterocycles. The van der Waals surface area contributed by atoms with Gasteiger partial charge in [-0.1, -0.05) is 25.1 Å². The van der Waals surface area contributed by atoms with E-state index in [0.29, 0.717) is 34.3 Å². The molecule has 5 nitrogen and oxygen atoms in total. The SMILES string of the molecule is CCC=Cc1nc(-c2cc(C)cc(-c3nc4ccccc4o3)c2O)oc1C. The summed E-state index contributed by atoms with van der Waals surface area (Å²) in [5, 5.41) is 10.9. The van der Waals surface area contributed by atoms with Crippen molar-refractivity contribution in [2.24, 2.45) is 0 Å². The number of allylic oxidation sites excluding steroid dienone is 1. The van der Waals surface area contributed by atoms with Crippen molar-refractivity contribution in [1.82, 2.24) is 9.97 Å². The first-order valence-electron chi connectivity index (χ1n) is 8.90. The van der Waals surface area contributed by atoms with E-state index in [1.54, 1.807) is 0 Å². The average Bonchev–Trinajstić information content (AvgIpc) is 3.25. The van der Waals surface area contributed by atoms with Crippen molar-refractivity contribution < 1.29 is 13.9 Å². The number of benzene rings is 2. The van der Waals surface area contributed by atoms with Crippen LogP contribution in [0.5, 0.6) is 5.75 Å². The molecule has 0 bridgehead atoms. The molecule has 2 aromatic heterocycles. The Morgan fingerprint density at radius 1 is 1.00 bits per heavy atom. The number of aromatic hydroxyl groups is 1. The third kappa shape index (κ3) is 3.12. The molecule has 2 heterocycles. The van der Waals surface area contributed by atoms with Crippen molar-refractivity contribution in [2.45, 2.75) is 27.2 Å². The van der Waals surface area contributed by atoms with Crippen LogP contribution in [0.25, 0.3) is 40.1 Å². The highest BCUT2D eigenvalue weighted by molar-refractivity contribution is 5.81. The zero-order valence-electron chi connectivity index (χ0n) is 15.5. The molecule has 0 spiro atoms. The highest BCUT2D eigenvalue weighted by Crippen LogP contribution is 2.40. The molecule has 0 amide bonds. The maximum Gasteiger partial charge on any atom is 0.231 e. The van der Waals surface area contributed by atoms with Gasteiger partial charge in [0.15, 0.2) is 5.58 Å². The first kappa shape index (κ1) is 17.1. The summed E-state index contributed by atoms with van der Waals surface area (Å²) in [6.45, 7) is 5.87. The Balaban J connectivity index is 1.85. The van der Waals surface area contributed by atoms with Gasteiger partial charge in [0.1, 0.15) is 22.7 Å². The predicted molar refractivity (Wildman–Crippen MR) is 105 cm³/mol. The molecule has 0 aliphatic rings. The van der Waals surface area contributed by atoms with Crippen LogP contribution in [0.2, 0.25) is 0 Å². The van der Waals surface area contributed by atoms with Crippen LogP contribution in [0, 0.1) is 13.8 Å². The van der Waals surface area contributed by atoms with Gasteiger partial charge in [-0.3, -0.25) is 0 Å². The lowest BCUT2D eigenvalue weighted by molar-refractivity contribution is 0.470. The standard InChI is InChI=1S/C22H20N2O3/c1-4-5-8-17-14(3)26-21(23-17)15-11-13(2)12-16(20(15)25)22-24-18-9-6-7-10-19(18)27-22/h5-12,25H,4H2,1-3H3. The van der Waals surface area contributed by atoms with E-state index >= 15 is 0 Å². The average molecular weight is 360 g/mol. The zero-order valence-corrected chi connectivity index (χ0v) is 15.5. The number of hydrogen-bond donors (Lipinski definition) is 1. The van der Waals surface area contributed by atoms with E-state index in [9.17, 15) is 5.11 Å². The maximum atomic E-state index is 10.9. The molecule has 5 heteroatoms. The van der Waals surface area contributed by atoms with E-state index < -0.39 is 0 Å². The second kappa shape index (κ2) is 6.76. The zero-order chi connectivity index (χ0) is 19.0. The van der Waals surface area contributed by atoms with Gasteiger partial charge >= 0.3 is 0 Å². The number of oxazole rings is 2. The van der Waals surface area contributed by atoms with Gasteiger partial charge in [-0.25, -0.2) is 9.97 Å². The second-order valence-electron chi connectivity index (χ2n) is 6.47. The van der Waals surface area contributed by atoms with Gasteiger partial charge in [0.05, 0.1) is 11.1 Å². The molecule has 0 atom stereocenters. The number of phenols is 1. The summed E-state index contributed by atoms with van der Waals surface area (Å²) in [6.07, 6.45) is 4.87. The fourth-order valence-electron chi connectivity index (χ4n) is 3.00. The van der Waals surface area contributed by atoms with Crippen LogP contribution < -0.4 is 0 Å². The second-order valence-corrected chi connectivity index (χ2v) is 6.47. The van der Waals surface area contributed by atoms with Crippen LogP contribution in [0.3, 0.4) is 0 Å². The van der Waals surface area contributed by atoms with Gasteiger partial charge < -0.3 is 13.9 Å². The molecule has 0 radical (unpaired) electrons. The third-order valence-corrected chi connectivity index (χ3v) is 4.35. The van der Waals surface area contributed by atoms with Crippen molar-refractivity contribution in [3.63, 3.8) is 0 Å². The lowest BCUT2D eigenvalue weighted by atomic mass is 10.0. The molecule has 4 rings (SSSR count). The molecule has 27 heavy (non-hydrogen) atoms. The Labute approximate surface area is 157 Å². The monoisotopic (exact) mass is 360 g/mol. The van der Waals surface area contributed by atoms with E-state index in [-0.39, 0.29) is 5.75 Å². The Morgan fingerprint density at radius 2 is 1.70 bits per heavy atom. The lowest BCUT2D eigenvalue weighted by Crippen LogP contribution is -1.87. The Morgan fingerprint density at radius 3 is 2.41 bits per heavy atom. The molecule has 1 N–H and O–H groups in total. The summed E-state index contributed by atoms with van der Waals surface area (Å²) in [4.78, 5) is 9.03. The minimum Gasteiger partial charge on any atom is -0.506 e. The summed E-state index contributed by atoms with van der Waals surface area (Å²) < 4.78 is 11.6. The minimum absolute atomic E-state index is 0.0411. The topological polar surface area (TPSA) is 72.3 Å². The predicted octanol–water partition coefficient (Wildman–Crippen LogP) is 5.90. The van der Waals surface area contributed by atoms with Crippen LogP contribution >= 0.6 is 0 Å². The maximum absolute atomic E-state index is 10.9. The van der Waals surface area contributed by atoms with Gasteiger partial charge in [-0.05, 0) is 56.2 Å². The van der Waals surface area contributed by atoms with E-state index in [2.05, 4.69) is 16.9 Å². The Hall–Kier alpha value is -3.34. The van der Waals surface area contributed by atoms with E-state index in [4.69, 9.17) is 8.83 Å². The molecule has 0 saturated heterocycles. The molecule has 0 aliphatic carbocycles. The van der Waals surface area contributed by atoms with Crippen molar-refractivity contribution in [3.8, 4) is 28.7 Å². The van der Waals surface area contributed by atoms with Crippen molar-refractivity contribution in [1.29, 1.82) is 0 Å². The first-order valence-corrected chi connectivity index (χ1v) is 8.90. The molecular formula is C22H20N2O3. The fourth-order valence-corrected chi connectivity index (χ4v) is 3.00. The van der Waals surface area contributed by atoms with Crippen LogP contribution in [0.1, 0.15) is 30.4 Å². The normalized spacial score (nSPS) is 11.7.